The van der Waals surface area contributed by atoms with Gasteiger partial charge in [0.2, 0.25) is 0 Å². The lowest BCUT2D eigenvalue weighted by Crippen LogP contribution is -2.48. The molecular weight excluding hydrogens is 435 g/mol. The highest BCUT2D eigenvalue weighted by Crippen LogP contribution is 2.22. The van der Waals surface area contributed by atoms with Gasteiger partial charge in [0, 0.05) is 32.7 Å². The van der Waals surface area contributed by atoms with E-state index in [0.717, 1.165) is 12.5 Å². The van der Waals surface area contributed by atoms with E-state index in [-0.39, 0.29) is 29.4 Å². The summed E-state index contributed by atoms with van der Waals surface area (Å²) < 4.78 is 0. The third kappa shape index (κ3) is 7.43. The summed E-state index contributed by atoms with van der Waals surface area (Å²) in [6, 6.07) is 9.42. The van der Waals surface area contributed by atoms with Gasteiger partial charge in [-0.3, -0.25) is 4.99 Å². The number of aliphatic imine (C=N–C) groups is 1. The van der Waals surface area contributed by atoms with Crippen molar-refractivity contribution in [3.05, 3.63) is 35.4 Å². The molecule has 1 aliphatic heterocycles. The summed E-state index contributed by atoms with van der Waals surface area (Å²) in [4.78, 5) is 6.95. The summed E-state index contributed by atoms with van der Waals surface area (Å²) >= 11 is 0. The van der Waals surface area contributed by atoms with Gasteiger partial charge in [0.05, 0.1) is 0 Å². The van der Waals surface area contributed by atoms with Gasteiger partial charge in [-0.15, -0.1) is 24.0 Å². The first-order chi connectivity index (χ1) is 11.9. The van der Waals surface area contributed by atoms with Crippen molar-refractivity contribution in [2.45, 2.75) is 65.0 Å². The lowest BCUT2D eigenvalue weighted by atomic mass is 9.87. The number of benzene rings is 1. The molecule has 0 unspecified atom stereocenters. The lowest BCUT2D eigenvalue weighted by Gasteiger charge is -2.32. The second-order valence-corrected chi connectivity index (χ2v) is 8.13. The Kier molecular flexibility index (Phi) is 9.93. The van der Waals surface area contributed by atoms with Crippen molar-refractivity contribution in [1.82, 2.24) is 15.5 Å². The van der Waals surface area contributed by atoms with Crippen LogP contribution in [0.3, 0.4) is 0 Å². The SMILES string of the molecule is CCCN1CCC(NC(=NC)NCc2ccc(C(C)(C)C)cc2)CC1.I. The monoisotopic (exact) mass is 472 g/mol. The molecular formula is C21H37IN4. The van der Waals surface area contributed by atoms with Crippen molar-refractivity contribution in [2.75, 3.05) is 26.7 Å². The van der Waals surface area contributed by atoms with E-state index in [1.807, 2.05) is 7.05 Å². The number of guanidine groups is 1. The molecule has 1 heterocycles. The van der Waals surface area contributed by atoms with Gasteiger partial charge in [-0.1, -0.05) is 52.0 Å². The number of rotatable bonds is 5. The Bertz CT molecular complexity index is 540. The van der Waals surface area contributed by atoms with Crippen LogP contribution in [0.2, 0.25) is 0 Å². The fourth-order valence-electron chi connectivity index (χ4n) is 3.31. The maximum Gasteiger partial charge on any atom is 0.191 e. The van der Waals surface area contributed by atoms with Crippen LogP contribution >= 0.6 is 24.0 Å². The molecule has 0 atom stereocenters. The molecule has 1 aromatic rings. The molecule has 0 spiro atoms. The van der Waals surface area contributed by atoms with Crippen LogP contribution in [0.1, 0.15) is 58.1 Å². The highest BCUT2D eigenvalue weighted by molar-refractivity contribution is 14.0. The molecule has 26 heavy (non-hydrogen) atoms. The maximum atomic E-state index is 4.39. The molecule has 2 N–H and O–H groups in total. The van der Waals surface area contributed by atoms with Gasteiger partial charge in [-0.25, -0.2) is 0 Å². The Morgan fingerprint density at radius 1 is 1.15 bits per heavy atom. The molecule has 148 valence electrons. The van der Waals surface area contributed by atoms with Gasteiger partial charge in [0.25, 0.3) is 0 Å². The first-order valence-electron chi connectivity index (χ1n) is 9.71. The number of likely N-dealkylation sites (tertiary alicyclic amines) is 1. The minimum atomic E-state index is 0. The number of piperidine rings is 1. The van der Waals surface area contributed by atoms with Crippen LogP contribution in [-0.4, -0.2) is 43.6 Å². The largest absolute Gasteiger partial charge is 0.354 e. The van der Waals surface area contributed by atoms with Crippen molar-refractivity contribution in [2.24, 2.45) is 4.99 Å². The van der Waals surface area contributed by atoms with Crippen molar-refractivity contribution in [3.63, 3.8) is 0 Å². The fraction of sp³-hybridized carbons (Fsp3) is 0.667. The molecule has 1 saturated heterocycles. The summed E-state index contributed by atoms with van der Waals surface area (Å²) in [5.74, 6) is 0.911. The van der Waals surface area contributed by atoms with Gasteiger partial charge in [0.15, 0.2) is 5.96 Å². The fourth-order valence-corrected chi connectivity index (χ4v) is 3.31. The Morgan fingerprint density at radius 3 is 2.27 bits per heavy atom. The zero-order chi connectivity index (χ0) is 18.3. The minimum Gasteiger partial charge on any atom is -0.354 e. The van der Waals surface area contributed by atoms with Crippen LogP contribution < -0.4 is 10.6 Å². The molecule has 1 fully saturated rings. The average Bonchev–Trinajstić information content (AvgIpc) is 2.60. The van der Waals surface area contributed by atoms with Crippen LogP contribution in [0.4, 0.5) is 0 Å². The number of nitrogens with one attached hydrogen (secondary N) is 2. The normalized spacial score (nSPS) is 16.9. The maximum absolute atomic E-state index is 4.39. The van der Waals surface area contributed by atoms with Crippen LogP contribution in [0.25, 0.3) is 0 Å². The van der Waals surface area contributed by atoms with Crippen molar-refractivity contribution < 1.29 is 0 Å². The molecule has 0 aromatic heterocycles. The number of nitrogens with zero attached hydrogens (tertiary/aromatic N) is 2. The number of hydrogen-bond acceptors (Lipinski definition) is 2. The average molecular weight is 472 g/mol. The second kappa shape index (κ2) is 11.1. The topological polar surface area (TPSA) is 39.7 Å². The van der Waals surface area contributed by atoms with Crippen LogP contribution in [0.5, 0.6) is 0 Å². The van der Waals surface area contributed by atoms with Gasteiger partial charge >= 0.3 is 0 Å². The van der Waals surface area contributed by atoms with E-state index in [0.29, 0.717) is 6.04 Å². The first kappa shape index (κ1) is 23.2. The second-order valence-electron chi connectivity index (χ2n) is 8.13. The molecule has 0 amide bonds. The molecule has 4 nitrogen and oxygen atoms in total. The highest BCUT2D eigenvalue weighted by Gasteiger charge is 2.19. The Hall–Kier alpha value is -0.820. The van der Waals surface area contributed by atoms with E-state index in [9.17, 15) is 0 Å². The molecule has 0 saturated carbocycles. The van der Waals surface area contributed by atoms with Crippen LogP contribution in [0, 0.1) is 0 Å². The van der Waals surface area contributed by atoms with Gasteiger partial charge < -0.3 is 15.5 Å². The number of halogens is 1. The van der Waals surface area contributed by atoms with Crippen molar-refractivity contribution in [1.29, 1.82) is 0 Å². The van der Waals surface area contributed by atoms with Gasteiger partial charge in [-0.2, -0.15) is 0 Å². The summed E-state index contributed by atoms with van der Waals surface area (Å²) in [6.45, 7) is 13.4. The van der Waals surface area contributed by atoms with E-state index in [1.54, 1.807) is 0 Å². The molecule has 0 radical (unpaired) electrons. The zero-order valence-corrected chi connectivity index (χ0v) is 19.5. The van der Waals surface area contributed by atoms with Gasteiger partial charge in [0.1, 0.15) is 0 Å². The Morgan fingerprint density at radius 2 is 1.77 bits per heavy atom. The highest BCUT2D eigenvalue weighted by atomic mass is 127. The van der Waals surface area contributed by atoms with Crippen LogP contribution in [-0.2, 0) is 12.0 Å². The quantitative estimate of drug-likeness (QED) is 0.385. The summed E-state index contributed by atoms with van der Waals surface area (Å²) in [5, 5.41) is 7.04. The smallest absolute Gasteiger partial charge is 0.191 e. The van der Waals surface area contributed by atoms with E-state index < -0.39 is 0 Å². The molecule has 0 aliphatic carbocycles. The molecule has 1 aromatic carbocycles. The third-order valence-corrected chi connectivity index (χ3v) is 4.97. The predicted octanol–water partition coefficient (Wildman–Crippen LogP) is 4.14. The first-order valence-corrected chi connectivity index (χ1v) is 9.71. The minimum absolute atomic E-state index is 0. The number of hydrogen-bond donors (Lipinski definition) is 2. The van der Waals surface area contributed by atoms with Crippen LogP contribution in [0.15, 0.2) is 29.3 Å². The summed E-state index contributed by atoms with van der Waals surface area (Å²) in [5.41, 5.74) is 2.86. The molecule has 5 heteroatoms. The van der Waals surface area contributed by atoms with E-state index >= 15 is 0 Å². The molecule has 1 aliphatic rings. The van der Waals surface area contributed by atoms with Crippen molar-refractivity contribution in [3.8, 4) is 0 Å². The molecule has 2 rings (SSSR count). The summed E-state index contributed by atoms with van der Waals surface area (Å²) in [6.07, 6.45) is 3.64. The third-order valence-electron chi connectivity index (χ3n) is 4.97. The summed E-state index contributed by atoms with van der Waals surface area (Å²) in [7, 11) is 1.85. The van der Waals surface area contributed by atoms with E-state index in [2.05, 4.69) is 72.5 Å². The van der Waals surface area contributed by atoms with E-state index in [4.69, 9.17) is 0 Å². The van der Waals surface area contributed by atoms with Gasteiger partial charge in [-0.05, 0) is 42.3 Å². The lowest BCUT2D eigenvalue weighted by molar-refractivity contribution is 0.206. The van der Waals surface area contributed by atoms with Crippen molar-refractivity contribution >= 4 is 29.9 Å². The Labute approximate surface area is 177 Å². The standard InChI is InChI=1S/C21H36N4.HI/c1-6-13-25-14-11-19(12-15-25)24-20(22-5)23-16-17-7-9-18(10-8-17)21(2,3)4;/h7-10,19H,6,11-16H2,1-5H3,(H2,22,23,24);1H. The molecule has 0 bridgehead atoms. The zero-order valence-electron chi connectivity index (χ0n) is 17.1. The van der Waals surface area contributed by atoms with E-state index in [1.165, 1.54) is 50.0 Å². The Balaban J connectivity index is 0.00000338. The predicted molar refractivity (Wildman–Crippen MR) is 124 cm³/mol.